The van der Waals surface area contributed by atoms with Gasteiger partial charge in [-0.25, -0.2) is 4.98 Å². The Morgan fingerprint density at radius 2 is 2.18 bits per heavy atom. The van der Waals surface area contributed by atoms with E-state index >= 15 is 0 Å². The summed E-state index contributed by atoms with van der Waals surface area (Å²) in [6.07, 6.45) is 0.979. The number of nitrogens with zero attached hydrogens (tertiary/aromatic N) is 1. The molecule has 90 valence electrons. The Kier molecular flexibility index (Phi) is 4.59. The van der Waals surface area contributed by atoms with Crippen LogP contribution in [0.3, 0.4) is 0 Å². The fraction of sp³-hybridized carbons (Fsp3) is 0.250. The molecule has 1 heterocycles. The monoisotopic (exact) mass is 375 g/mol. The minimum absolute atomic E-state index is 0.511. The summed E-state index contributed by atoms with van der Waals surface area (Å²) in [6, 6.07) is 5.85. The van der Waals surface area contributed by atoms with Crippen molar-refractivity contribution < 1.29 is 4.74 Å². The number of rotatable bonds is 4. The SMILES string of the molecule is CCc1nc(COc2ccc(Br)cc2Br)cs1. The van der Waals surface area contributed by atoms with Gasteiger partial charge in [-0.3, -0.25) is 0 Å². The third-order valence-corrected chi connectivity index (χ3v) is 4.33. The molecule has 2 nitrogen and oxygen atoms in total. The number of aryl methyl sites for hydroxylation is 1. The second-order valence-electron chi connectivity index (χ2n) is 3.45. The van der Waals surface area contributed by atoms with E-state index in [1.165, 1.54) is 0 Å². The molecule has 0 unspecified atom stereocenters. The van der Waals surface area contributed by atoms with Gasteiger partial charge in [0.15, 0.2) is 0 Å². The summed E-state index contributed by atoms with van der Waals surface area (Å²) in [5, 5.41) is 3.20. The van der Waals surface area contributed by atoms with Gasteiger partial charge in [0.1, 0.15) is 12.4 Å². The topological polar surface area (TPSA) is 22.1 Å². The van der Waals surface area contributed by atoms with Gasteiger partial charge in [-0.1, -0.05) is 22.9 Å². The summed E-state index contributed by atoms with van der Waals surface area (Å²) in [7, 11) is 0. The zero-order chi connectivity index (χ0) is 12.3. The number of ether oxygens (including phenoxy) is 1. The van der Waals surface area contributed by atoms with Crippen LogP contribution in [0.1, 0.15) is 17.6 Å². The molecular formula is C12H11Br2NOS. The van der Waals surface area contributed by atoms with Gasteiger partial charge in [0.25, 0.3) is 0 Å². The van der Waals surface area contributed by atoms with Gasteiger partial charge >= 0.3 is 0 Å². The van der Waals surface area contributed by atoms with E-state index in [1.54, 1.807) is 11.3 Å². The smallest absolute Gasteiger partial charge is 0.134 e. The maximum absolute atomic E-state index is 5.71. The summed E-state index contributed by atoms with van der Waals surface area (Å²) in [6.45, 7) is 2.62. The Labute approximate surface area is 121 Å². The lowest BCUT2D eigenvalue weighted by Crippen LogP contribution is -1.96. The molecule has 0 N–H and O–H groups in total. The van der Waals surface area contributed by atoms with Crippen LogP contribution in [0, 0.1) is 0 Å². The van der Waals surface area contributed by atoms with Crippen LogP contribution in [0.5, 0.6) is 5.75 Å². The highest BCUT2D eigenvalue weighted by atomic mass is 79.9. The van der Waals surface area contributed by atoms with Crippen molar-refractivity contribution in [2.75, 3.05) is 0 Å². The van der Waals surface area contributed by atoms with Crippen LogP contribution in [-0.2, 0) is 13.0 Å². The number of thiazole rings is 1. The Morgan fingerprint density at radius 1 is 1.35 bits per heavy atom. The van der Waals surface area contributed by atoms with Crippen LogP contribution < -0.4 is 4.74 Å². The zero-order valence-corrected chi connectivity index (χ0v) is 13.2. The molecule has 2 rings (SSSR count). The normalized spacial score (nSPS) is 10.5. The van der Waals surface area contributed by atoms with Crippen molar-refractivity contribution in [1.29, 1.82) is 0 Å². The summed E-state index contributed by atoms with van der Waals surface area (Å²) in [5.41, 5.74) is 0.988. The molecule has 0 saturated carbocycles. The van der Waals surface area contributed by atoms with E-state index in [1.807, 2.05) is 23.6 Å². The Morgan fingerprint density at radius 3 is 2.82 bits per heavy atom. The molecule has 1 aromatic carbocycles. The molecule has 0 aliphatic heterocycles. The molecule has 0 amide bonds. The standard InChI is InChI=1S/C12H11Br2NOS/c1-2-12-15-9(7-17-12)6-16-11-4-3-8(13)5-10(11)14/h3-5,7H,2,6H2,1H3. The van der Waals surface area contributed by atoms with Crippen LogP contribution in [0.15, 0.2) is 32.5 Å². The zero-order valence-electron chi connectivity index (χ0n) is 9.24. The van der Waals surface area contributed by atoms with Crippen LogP contribution >= 0.6 is 43.2 Å². The summed E-state index contributed by atoms with van der Waals surface area (Å²) >= 11 is 8.56. The van der Waals surface area contributed by atoms with Crippen LogP contribution in [-0.4, -0.2) is 4.98 Å². The minimum Gasteiger partial charge on any atom is -0.486 e. The third kappa shape index (κ3) is 3.53. The third-order valence-electron chi connectivity index (χ3n) is 2.17. The molecule has 1 aromatic heterocycles. The first-order valence-electron chi connectivity index (χ1n) is 5.20. The van der Waals surface area contributed by atoms with E-state index in [-0.39, 0.29) is 0 Å². The Hall–Kier alpha value is -0.390. The molecule has 2 aromatic rings. The second kappa shape index (κ2) is 5.98. The quantitative estimate of drug-likeness (QED) is 0.763. The van der Waals surface area contributed by atoms with Crippen molar-refractivity contribution in [2.24, 2.45) is 0 Å². The van der Waals surface area contributed by atoms with E-state index in [4.69, 9.17) is 4.74 Å². The summed E-state index contributed by atoms with van der Waals surface area (Å²) in [5.74, 6) is 0.833. The number of benzene rings is 1. The van der Waals surface area contributed by atoms with Crippen molar-refractivity contribution in [3.05, 3.63) is 43.2 Å². The molecule has 0 radical (unpaired) electrons. The molecular weight excluding hydrogens is 366 g/mol. The molecule has 0 fully saturated rings. The summed E-state index contributed by atoms with van der Waals surface area (Å²) in [4.78, 5) is 4.46. The molecule has 5 heteroatoms. The number of aromatic nitrogens is 1. The number of halogens is 2. The van der Waals surface area contributed by atoms with Crippen molar-refractivity contribution >= 4 is 43.2 Å². The van der Waals surface area contributed by atoms with Crippen molar-refractivity contribution in [2.45, 2.75) is 20.0 Å². The maximum Gasteiger partial charge on any atom is 0.134 e. The highest BCUT2D eigenvalue weighted by molar-refractivity contribution is 9.11. The fourth-order valence-corrected chi connectivity index (χ4v) is 3.21. The minimum atomic E-state index is 0.511. The molecule has 0 aliphatic carbocycles. The lowest BCUT2D eigenvalue weighted by molar-refractivity contribution is 0.300. The van der Waals surface area contributed by atoms with Gasteiger partial charge in [0, 0.05) is 9.85 Å². The number of hydrogen-bond donors (Lipinski definition) is 0. The van der Waals surface area contributed by atoms with E-state index in [0.717, 1.165) is 31.8 Å². The van der Waals surface area contributed by atoms with E-state index < -0.39 is 0 Å². The highest BCUT2D eigenvalue weighted by Gasteiger charge is 2.04. The molecule has 0 spiro atoms. The molecule has 0 bridgehead atoms. The van der Waals surface area contributed by atoms with Crippen LogP contribution in [0.4, 0.5) is 0 Å². The molecule has 0 aliphatic rings. The fourth-order valence-electron chi connectivity index (χ4n) is 1.32. The Balaban J connectivity index is 2.02. The van der Waals surface area contributed by atoms with E-state index in [9.17, 15) is 0 Å². The molecule has 17 heavy (non-hydrogen) atoms. The average molecular weight is 377 g/mol. The Bertz CT molecular complexity index is 513. The lowest BCUT2D eigenvalue weighted by Gasteiger charge is -2.06. The summed E-state index contributed by atoms with van der Waals surface area (Å²) < 4.78 is 7.68. The first-order chi connectivity index (χ1) is 8.19. The number of hydrogen-bond acceptors (Lipinski definition) is 3. The van der Waals surface area contributed by atoms with Crippen molar-refractivity contribution in [3.63, 3.8) is 0 Å². The van der Waals surface area contributed by atoms with Gasteiger partial charge in [-0.2, -0.15) is 0 Å². The first kappa shape index (κ1) is 13.1. The predicted octanol–water partition coefficient (Wildman–Crippen LogP) is 4.81. The average Bonchev–Trinajstić information content (AvgIpc) is 2.76. The van der Waals surface area contributed by atoms with Gasteiger partial charge in [-0.15, -0.1) is 11.3 Å². The van der Waals surface area contributed by atoms with E-state index in [0.29, 0.717) is 6.61 Å². The lowest BCUT2D eigenvalue weighted by atomic mass is 10.3. The van der Waals surface area contributed by atoms with Gasteiger partial charge < -0.3 is 4.74 Å². The van der Waals surface area contributed by atoms with Crippen molar-refractivity contribution in [3.8, 4) is 5.75 Å². The van der Waals surface area contributed by atoms with E-state index in [2.05, 4.69) is 43.8 Å². The van der Waals surface area contributed by atoms with Gasteiger partial charge in [0.05, 0.1) is 15.2 Å². The van der Waals surface area contributed by atoms with Gasteiger partial charge in [-0.05, 0) is 40.5 Å². The molecule has 0 atom stereocenters. The van der Waals surface area contributed by atoms with Crippen LogP contribution in [0.2, 0.25) is 0 Å². The van der Waals surface area contributed by atoms with Crippen molar-refractivity contribution in [1.82, 2.24) is 4.98 Å². The second-order valence-corrected chi connectivity index (χ2v) is 6.16. The largest absolute Gasteiger partial charge is 0.486 e. The van der Waals surface area contributed by atoms with Crippen LogP contribution in [0.25, 0.3) is 0 Å². The van der Waals surface area contributed by atoms with Gasteiger partial charge in [0.2, 0.25) is 0 Å². The maximum atomic E-state index is 5.71. The predicted molar refractivity (Wildman–Crippen MR) is 77.7 cm³/mol. The molecule has 0 saturated heterocycles. The highest BCUT2D eigenvalue weighted by Crippen LogP contribution is 2.28. The first-order valence-corrected chi connectivity index (χ1v) is 7.66.